The molecule has 0 aliphatic rings. The van der Waals surface area contributed by atoms with E-state index in [2.05, 4.69) is 15.8 Å². The van der Waals surface area contributed by atoms with Gasteiger partial charge in [-0.25, -0.2) is 8.42 Å². The monoisotopic (exact) mass is 336 g/mol. The number of aryl methyl sites for hydroxylation is 1. The summed E-state index contributed by atoms with van der Waals surface area (Å²) in [6.45, 7) is 1.85. The lowest BCUT2D eigenvalue weighted by molar-refractivity contribution is 0.601. The van der Waals surface area contributed by atoms with Crippen molar-refractivity contribution in [3.8, 4) is 12.1 Å². The summed E-state index contributed by atoms with van der Waals surface area (Å²) >= 11 is 0. The third-order valence-electron chi connectivity index (χ3n) is 3.68. The van der Waals surface area contributed by atoms with Gasteiger partial charge in [0, 0.05) is 11.6 Å². The van der Waals surface area contributed by atoms with Crippen LogP contribution in [-0.2, 0) is 10.0 Å². The first-order valence-electron chi connectivity index (χ1n) is 7.00. The molecule has 1 aromatic heterocycles. The fourth-order valence-electron chi connectivity index (χ4n) is 2.53. The molecule has 2 aromatic carbocycles. The van der Waals surface area contributed by atoms with Crippen LogP contribution in [0.4, 0.5) is 5.69 Å². The van der Waals surface area contributed by atoms with Crippen molar-refractivity contribution in [1.29, 1.82) is 10.5 Å². The van der Waals surface area contributed by atoms with E-state index in [1.807, 2.05) is 13.0 Å². The molecule has 0 spiro atoms. The summed E-state index contributed by atoms with van der Waals surface area (Å²) in [5.74, 6) is 0. The largest absolute Gasteiger partial charge is 0.358 e. The van der Waals surface area contributed by atoms with Gasteiger partial charge in [-0.3, -0.25) is 4.72 Å². The number of aromatic nitrogens is 1. The number of sulfonamides is 1. The quantitative estimate of drug-likeness (QED) is 0.766. The van der Waals surface area contributed by atoms with Crippen molar-refractivity contribution in [2.45, 2.75) is 11.8 Å². The second-order valence-electron chi connectivity index (χ2n) is 5.24. The van der Waals surface area contributed by atoms with E-state index >= 15 is 0 Å². The van der Waals surface area contributed by atoms with Crippen molar-refractivity contribution in [2.75, 3.05) is 4.72 Å². The van der Waals surface area contributed by atoms with Crippen LogP contribution in [0.1, 0.15) is 16.7 Å². The number of aromatic amines is 1. The minimum absolute atomic E-state index is 0.00216. The van der Waals surface area contributed by atoms with Crippen LogP contribution in [0.5, 0.6) is 0 Å². The summed E-state index contributed by atoms with van der Waals surface area (Å²) < 4.78 is 27.7. The standard InChI is InChI=1S/C17H12N4O2S/c1-11-5-6-15(17-16(11)13(9-19)10-20-17)21-24(22,23)14-4-2-3-12(7-14)8-18/h2-7,10,20-21H,1H3. The average Bonchev–Trinajstić information content (AvgIpc) is 3.02. The Kier molecular flexibility index (Phi) is 3.72. The zero-order valence-corrected chi connectivity index (χ0v) is 13.5. The smallest absolute Gasteiger partial charge is 0.262 e. The summed E-state index contributed by atoms with van der Waals surface area (Å²) in [6.07, 6.45) is 1.55. The summed E-state index contributed by atoms with van der Waals surface area (Å²) in [4.78, 5) is 2.95. The molecule has 0 amide bonds. The topological polar surface area (TPSA) is 110 Å². The molecule has 0 aliphatic carbocycles. The fraction of sp³-hybridized carbons (Fsp3) is 0.0588. The number of anilines is 1. The van der Waals surface area contributed by atoms with Crippen molar-refractivity contribution in [3.05, 3.63) is 59.3 Å². The van der Waals surface area contributed by atoms with Crippen molar-refractivity contribution < 1.29 is 8.42 Å². The molecule has 0 saturated heterocycles. The molecule has 24 heavy (non-hydrogen) atoms. The molecule has 0 unspecified atom stereocenters. The number of H-pyrrole nitrogens is 1. The third-order valence-corrected chi connectivity index (χ3v) is 5.05. The minimum atomic E-state index is -3.85. The van der Waals surface area contributed by atoms with Gasteiger partial charge in [-0.1, -0.05) is 12.1 Å². The Hall–Kier alpha value is -3.29. The van der Waals surface area contributed by atoms with E-state index < -0.39 is 10.0 Å². The van der Waals surface area contributed by atoms with Gasteiger partial charge in [-0.05, 0) is 36.8 Å². The van der Waals surface area contributed by atoms with Gasteiger partial charge in [0.25, 0.3) is 10.0 Å². The molecule has 0 atom stereocenters. The zero-order valence-electron chi connectivity index (χ0n) is 12.7. The van der Waals surface area contributed by atoms with Crippen LogP contribution in [0, 0.1) is 29.6 Å². The van der Waals surface area contributed by atoms with E-state index in [4.69, 9.17) is 10.5 Å². The van der Waals surface area contributed by atoms with Crippen molar-refractivity contribution >= 4 is 26.6 Å². The summed E-state index contributed by atoms with van der Waals surface area (Å²) in [6, 6.07) is 13.2. The Morgan fingerprint density at radius 2 is 1.92 bits per heavy atom. The van der Waals surface area contributed by atoms with Gasteiger partial charge in [0.1, 0.15) is 6.07 Å². The Balaban J connectivity index is 2.10. The molecule has 6 nitrogen and oxygen atoms in total. The Labute approximate surface area is 139 Å². The molecular formula is C17H12N4O2S. The van der Waals surface area contributed by atoms with Crippen LogP contribution in [0.15, 0.2) is 47.5 Å². The van der Waals surface area contributed by atoms with Crippen LogP contribution in [0.2, 0.25) is 0 Å². The van der Waals surface area contributed by atoms with Gasteiger partial charge in [-0.15, -0.1) is 0 Å². The zero-order chi connectivity index (χ0) is 17.3. The molecule has 1 heterocycles. The number of rotatable bonds is 3. The summed E-state index contributed by atoms with van der Waals surface area (Å²) in [7, 11) is -3.85. The highest BCUT2D eigenvalue weighted by Crippen LogP contribution is 2.30. The van der Waals surface area contributed by atoms with Crippen molar-refractivity contribution in [2.24, 2.45) is 0 Å². The SMILES string of the molecule is Cc1ccc(NS(=O)(=O)c2cccc(C#N)c2)c2[nH]cc(C#N)c12. The molecule has 0 radical (unpaired) electrons. The number of hydrogen-bond donors (Lipinski definition) is 2. The number of fused-ring (bicyclic) bond motifs is 1. The molecule has 0 bridgehead atoms. The molecule has 0 fully saturated rings. The van der Waals surface area contributed by atoms with Crippen molar-refractivity contribution in [3.63, 3.8) is 0 Å². The Bertz CT molecular complexity index is 1130. The second kappa shape index (κ2) is 5.73. The number of benzene rings is 2. The van der Waals surface area contributed by atoms with E-state index in [-0.39, 0.29) is 10.5 Å². The van der Waals surface area contributed by atoms with E-state index in [9.17, 15) is 8.42 Å². The van der Waals surface area contributed by atoms with Gasteiger partial charge in [0.05, 0.1) is 33.3 Å². The maximum Gasteiger partial charge on any atom is 0.262 e. The van der Waals surface area contributed by atoms with Gasteiger partial charge < -0.3 is 4.98 Å². The van der Waals surface area contributed by atoms with Gasteiger partial charge >= 0.3 is 0 Å². The molecule has 3 aromatic rings. The molecular weight excluding hydrogens is 324 g/mol. The van der Waals surface area contributed by atoms with Crippen LogP contribution in [0.3, 0.4) is 0 Å². The van der Waals surface area contributed by atoms with E-state index in [0.717, 1.165) is 5.56 Å². The second-order valence-corrected chi connectivity index (χ2v) is 6.92. The predicted octanol–water partition coefficient (Wildman–Crippen LogP) is 3.02. The van der Waals surface area contributed by atoms with Crippen LogP contribution in [0.25, 0.3) is 10.9 Å². The molecule has 3 rings (SSSR count). The first-order chi connectivity index (χ1) is 11.5. The molecule has 118 valence electrons. The highest BCUT2D eigenvalue weighted by atomic mass is 32.2. The van der Waals surface area contributed by atoms with Gasteiger partial charge in [0.15, 0.2) is 0 Å². The highest BCUT2D eigenvalue weighted by Gasteiger charge is 2.18. The lowest BCUT2D eigenvalue weighted by atomic mass is 10.1. The molecule has 7 heteroatoms. The lowest BCUT2D eigenvalue weighted by Gasteiger charge is -2.10. The third kappa shape index (κ3) is 2.58. The lowest BCUT2D eigenvalue weighted by Crippen LogP contribution is -2.13. The maximum absolute atomic E-state index is 12.6. The van der Waals surface area contributed by atoms with Crippen LogP contribution < -0.4 is 4.72 Å². The molecule has 2 N–H and O–H groups in total. The Morgan fingerprint density at radius 3 is 2.62 bits per heavy atom. The molecule has 0 saturated carbocycles. The maximum atomic E-state index is 12.6. The normalized spacial score (nSPS) is 11.0. The average molecular weight is 336 g/mol. The number of hydrogen-bond acceptors (Lipinski definition) is 4. The number of nitrogens with zero attached hydrogens (tertiary/aromatic N) is 2. The van der Waals surface area contributed by atoms with Crippen molar-refractivity contribution in [1.82, 2.24) is 4.98 Å². The predicted molar refractivity (Wildman–Crippen MR) is 89.7 cm³/mol. The summed E-state index contributed by atoms with van der Waals surface area (Å²) in [5.41, 5.74) is 2.48. The fourth-order valence-corrected chi connectivity index (χ4v) is 3.65. The van der Waals surface area contributed by atoms with Gasteiger partial charge in [0.2, 0.25) is 0 Å². The minimum Gasteiger partial charge on any atom is -0.358 e. The number of nitriles is 2. The first-order valence-corrected chi connectivity index (χ1v) is 8.48. The number of nitrogens with one attached hydrogen (secondary N) is 2. The van der Waals surface area contributed by atoms with Crippen LogP contribution >= 0.6 is 0 Å². The van der Waals surface area contributed by atoms with Gasteiger partial charge in [-0.2, -0.15) is 10.5 Å². The van der Waals surface area contributed by atoms with E-state index in [1.54, 1.807) is 18.3 Å². The van der Waals surface area contributed by atoms with E-state index in [0.29, 0.717) is 22.2 Å². The first kappa shape index (κ1) is 15.6. The van der Waals surface area contributed by atoms with E-state index in [1.165, 1.54) is 24.3 Å². The van der Waals surface area contributed by atoms with Crippen LogP contribution in [-0.4, -0.2) is 13.4 Å². The highest BCUT2D eigenvalue weighted by molar-refractivity contribution is 7.92. The molecule has 0 aliphatic heterocycles. The summed E-state index contributed by atoms with van der Waals surface area (Å²) in [5, 5.41) is 18.8. The Morgan fingerprint density at radius 1 is 1.12 bits per heavy atom.